The molecule has 86 heavy (non-hydrogen) atoms. The second-order valence-electron chi connectivity index (χ2n) is 27.0. The first-order valence-electron chi connectivity index (χ1n) is 39.2. The molecule has 0 aromatic carbocycles. The Hall–Kier alpha value is -1.92. The third kappa shape index (κ3) is 71.2. The summed E-state index contributed by atoms with van der Waals surface area (Å²) in [6.45, 7) is 4.99. The van der Waals surface area contributed by atoms with Crippen LogP contribution in [0.4, 0.5) is 0 Å². The Morgan fingerprint density at radius 3 is 0.895 bits per heavy atom. The van der Waals surface area contributed by atoms with Crippen molar-refractivity contribution >= 4 is 11.9 Å². The highest BCUT2D eigenvalue weighted by atomic mass is 16.5. The van der Waals surface area contributed by atoms with Gasteiger partial charge in [-0.05, 0) is 83.5 Å². The number of hydrogen-bond acceptors (Lipinski definition) is 5. The Labute approximate surface area is 538 Å². The van der Waals surface area contributed by atoms with Crippen molar-refractivity contribution in [1.29, 1.82) is 0 Å². The summed E-state index contributed by atoms with van der Waals surface area (Å²) in [5, 5.41) is 23.4. The van der Waals surface area contributed by atoms with Gasteiger partial charge in [0.2, 0.25) is 5.91 Å². The molecule has 0 rings (SSSR count). The number of rotatable bonds is 74. The maximum Gasteiger partial charge on any atom is 0.305 e. The highest BCUT2D eigenvalue weighted by Gasteiger charge is 2.20. The van der Waals surface area contributed by atoms with Gasteiger partial charge >= 0.3 is 5.97 Å². The van der Waals surface area contributed by atoms with Gasteiger partial charge in [0.25, 0.3) is 0 Å². The maximum absolute atomic E-state index is 12.6. The molecule has 0 aliphatic rings. The van der Waals surface area contributed by atoms with Crippen LogP contribution in [-0.2, 0) is 14.3 Å². The van der Waals surface area contributed by atoms with Crippen LogP contribution >= 0.6 is 0 Å². The van der Waals surface area contributed by atoms with Gasteiger partial charge in [0.15, 0.2) is 0 Å². The minimum Gasteiger partial charge on any atom is -0.466 e. The number of aliphatic hydroxyl groups is 2. The second kappa shape index (κ2) is 75.5. The largest absolute Gasteiger partial charge is 0.466 e. The lowest BCUT2D eigenvalue weighted by molar-refractivity contribution is -0.143. The second-order valence-corrected chi connectivity index (χ2v) is 27.0. The Kier molecular flexibility index (Phi) is 73.9. The number of aliphatic hydroxyl groups excluding tert-OH is 2. The monoisotopic (exact) mass is 1210 g/mol. The van der Waals surface area contributed by atoms with Crippen molar-refractivity contribution in [3.8, 4) is 0 Å². The summed E-state index contributed by atoms with van der Waals surface area (Å²) >= 11 is 0. The number of ether oxygens (including phenoxy) is 1. The lowest BCUT2D eigenvalue weighted by Gasteiger charge is -2.22. The first-order valence-corrected chi connectivity index (χ1v) is 39.2. The van der Waals surface area contributed by atoms with E-state index in [9.17, 15) is 19.8 Å². The van der Waals surface area contributed by atoms with Gasteiger partial charge in [-0.2, -0.15) is 0 Å². The number of nitrogens with one attached hydrogen (secondary N) is 1. The Morgan fingerprint density at radius 2 is 0.581 bits per heavy atom. The van der Waals surface area contributed by atoms with Crippen LogP contribution in [0.25, 0.3) is 0 Å². The number of unbranched alkanes of at least 4 members (excludes halogenated alkanes) is 57. The third-order valence-corrected chi connectivity index (χ3v) is 18.4. The van der Waals surface area contributed by atoms with Gasteiger partial charge in [0.1, 0.15) is 0 Å². The molecule has 2 atom stereocenters. The molecular formula is C80H153NO5. The average Bonchev–Trinajstić information content (AvgIpc) is 3.53. The fourth-order valence-electron chi connectivity index (χ4n) is 12.4. The van der Waals surface area contributed by atoms with Gasteiger partial charge in [-0.1, -0.05) is 378 Å². The van der Waals surface area contributed by atoms with Crippen LogP contribution in [0.15, 0.2) is 36.5 Å². The Bertz CT molecular complexity index is 1390. The molecule has 1 amide bonds. The summed E-state index contributed by atoms with van der Waals surface area (Å²) < 4.78 is 5.50. The van der Waals surface area contributed by atoms with E-state index in [2.05, 4.69) is 55.6 Å². The summed E-state index contributed by atoms with van der Waals surface area (Å²) in [7, 11) is 0. The van der Waals surface area contributed by atoms with Gasteiger partial charge in [0, 0.05) is 12.8 Å². The molecule has 0 saturated heterocycles. The van der Waals surface area contributed by atoms with Crippen molar-refractivity contribution in [2.24, 2.45) is 0 Å². The van der Waals surface area contributed by atoms with Crippen LogP contribution in [-0.4, -0.2) is 47.4 Å². The molecule has 0 aliphatic carbocycles. The Balaban J connectivity index is 3.39. The predicted molar refractivity (Wildman–Crippen MR) is 379 cm³/mol. The molecule has 508 valence electrons. The number of carbonyl (C=O) groups excluding carboxylic acids is 2. The maximum atomic E-state index is 12.6. The Morgan fingerprint density at radius 1 is 0.326 bits per heavy atom. The molecule has 0 spiro atoms. The van der Waals surface area contributed by atoms with Gasteiger partial charge in [-0.25, -0.2) is 0 Å². The van der Waals surface area contributed by atoms with E-state index in [1.807, 2.05) is 0 Å². The molecule has 0 aromatic rings. The summed E-state index contributed by atoms with van der Waals surface area (Å²) in [6, 6.07) is -0.542. The molecule has 0 saturated carbocycles. The zero-order valence-corrected chi connectivity index (χ0v) is 58.3. The first-order chi connectivity index (χ1) is 42.5. The number of esters is 1. The standard InChI is InChI=1S/C80H153NO5/c1-3-5-7-9-11-13-15-17-19-21-22-34-37-41-44-48-52-56-60-64-68-72-78(83)77(76-82)81-79(84)73-69-65-61-57-53-49-45-42-38-35-32-30-28-26-24-23-25-27-29-31-33-36-39-43-47-51-55-59-63-67-71-75-86-80(85)74-70-66-62-58-54-50-46-40-20-18-16-14-12-10-8-6-4-2/h18,20,25,27,31,33,77-78,82-83H,3-17,19,21-24,26,28-30,32,34-76H2,1-2H3,(H,81,84)/b20-18-,27-25-,33-31-. The highest BCUT2D eigenvalue weighted by molar-refractivity contribution is 5.76. The molecule has 2 unspecified atom stereocenters. The van der Waals surface area contributed by atoms with Gasteiger partial charge in [-0.15, -0.1) is 0 Å². The van der Waals surface area contributed by atoms with E-state index in [0.29, 0.717) is 25.9 Å². The minimum atomic E-state index is -0.665. The van der Waals surface area contributed by atoms with E-state index in [-0.39, 0.29) is 18.5 Å². The molecule has 0 radical (unpaired) electrons. The van der Waals surface area contributed by atoms with Crippen LogP contribution < -0.4 is 5.32 Å². The van der Waals surface area contributed by atoms with Crippen molar-refractivity contribution in [2.75, 3.05) is 13.2 Å². The summed E-state index contributed by atoms with van der Waals surface area (Å²) in [6.07, 6.45) is 98.0. The quantitative estimate of drug-likeness (QED) is 0.0320. The zero-order chi connectivity index (χ0) is 62.0. The molecular weight excluding hydrogens is 1050 g/mol. The lowest BCUT2D eigenvalue weighted by atomic mass is 10.0. The zero-order valence-electron chi connectivity index (χ0n) is 58.3. The smallest absolute Gasteiger partial charge is 0.305 e. The van der Waals surface area contributed by atoms with Gasteiger partial charge in [0.05, 0.1) is 25.4 Å². The van der Waals surface area contributed by atoms with Crippen LogP contribution in [0.1, 0.15) is 438 Å². The molecule has 0 aromatic heterocycles. The number of carbonyl (C=O) groups is 2. The molecule has 0 fully saturated rings. The summed E-state index contributed by atoms with van der Waals surface area (Å²) in [5.41, 5.74) is 0. The van der Waals surface area contributed by atoms with E-state index in [4.69, 9.17) is 4.74 Å². The SMILES string of the molecule is CCCCCCCC/C=C\CCCCCCCCCC(=O)OCCCCCCCCCCC/C=C\C/C=C\CCCCCCCCCCCCCCCCCC(=O)NC(CO)C(O)CCCCCCCCCCCCCCCCCCCCCCC. The van der Waals surface area contributed by atoms with Crippen molar-refractivity contribution in [2.45, 2.75) is 450 Å². The minimum absolute atomic E-state index is 0.0106. The fourth-order valence-corrected chi connectivity index (χ4v) is 12.4. The van der Waals surface area contributed by atoms with Crippen molar-refractivity contribution in [1.82, 2.24) is 5.32 Å². The van der Waals surface area contributed by atoms with Crippen LogP contribution in [0.5, 0.6) is 0 Å². The van der Waals surface area contributed by atoms with Gasteiger partial charge in [-0.3, -0.25) is 9.59 Å². The van der Waals surface area contributed by atoms with Crippen molar-refractivity contribution < 1.29 is 24.5 Å². The van der Waals surface area contributed by atoms with Crippen molar-refractivity contribution in [3.63, 3.8) is 0 Å². The number of amides is 1. The fraction of sp³-hybridized carbons (Fsp3) is 0.900. The molecule has 3 N–H and O–H groups in total. The van der Waals surface area contributed by atoms with E-state index in [1.165, 1.54) is 353 Å². The normalized spacial score (nSPS) is 12.7. The van der Waals surface area contributed by atoms with E-state index in [0.717, 1.165) is 51.4 Å². The van der Waals surface area contributed by atoms with Crippen LogP contribution in [0.2, 0.25) is 0 Å². The summed E-state index contributed by atoms with van der Waals surface area (Å²) in [4.78, 5) is 24.7. The van der Waals surface area contributed by atoms with E-state index < -0.39 is 12.1 Å². The van der Waals surface area contributed by atoms with E-state index in [1.54, 1.807) is 0 Å². The highest BCUT2D eigenvalue weighted by Crippen LogP contribution is 2.19. The topological polar surface area (TPSA) is 95.9 Å². The third-order valence-electron chi connectivity index (χ3n) is 18.4. The number of allylic oxidation sites excluding steroid dienone is 6. The molecule has 0 bridgehead atoms. The predicted octanol–water partition coefficient (Wildman–Crippen LogP) is 25.8. The first kappa shape index (κ1) is 84.1. The van der Waals surface area contributed by atoms with Crippen molar-refractivity contribution in [3.05, 3.63) is 36.5 Å². The van der Waals surface area contributed by atoms with Crippen LogP contribution in [0, 0.1) is 0 Å². The molecule has 6 nitrogen and oxygen atoms in total. The lowest BCUT2D eigenvalue weighted by Crippen LogP contribution is -2.45. The number of hydrogen-bond donors (Lipinski definition) is 3. The average molecular weight is 1210 g/mol. The van der Waals surface area contributed by atoms with Gasteiger partial charge < -0.3 is 20.3 Å². The van der Waals surface area contributed by atoms with E-state index >= 15 is 0 Å². The van der Waals surface area contributed by atoms with Crippen LogP contribution in [0.3, 0.4) is 0 Å². The molecule has 0 heterocycles. The molecule has 6 heteroatoms. The summed E-state index contributed by atoms with van der Waals surface area (Å²) in [5.74, 6) is -0.0190. The molecule has 0 aliphatic heterocycles.